The van der Waals surface area contributed by atoms with E-state index in [2.05, 4.69) is 0 Å². The van der Waals surface area contributed by atoms with Gasteiger partial charge in [-0.15, -0.1) is 0 Å². The van der Waals surface area contributed by atoms with E-state index in [1.54, 1.807) is 16.7 Å². The molecule has 2 atom stereocenters. The van der Waals surface area contributed by atoms with Gasteiger partial charge in [-0.25, -0.2) is 0 Å². The molecule has 1 aliphatic rings. The Morgan fingerprint density at radius 3 is 2.83 bits per heavy atom. The zero-order valence-corrected chi connectivity index (χ0v) is 11.7. The molecule has 1 aliphatic heterocycles. The van der Waals surface area contributed by atoms with Crippen LogP contribution in [0.25, 0.3) is 0 Å². The molecule has 1 heterocycles. The van der Waals surface area contributed by atoms with Gasteiger partial charge < -0.3 is 16.4 Å². The number of primary amides is 1. The average molecular weight is 273 g/mol. The molecule has 5 nitrogen and oxygen atoms in total. The Bertz CT molecular complexity index is 297. The third kappa shape index (κ3) is 5.27. The second kappa shape index (κ2) is 7.63. The predicted molar refractivity (Wildman–Crippen MR) is 74.1 cm³/mol. The van der Waals surface area contributed by atoms with E-state index in [1.807, 2.05) is 6.92 Å². The number of carbonyl (C=O) groups excluding carboxylic acids is 2. The van der Waals surface area contributed by atoms with Gasteiger partial charge in [0.15, 0.2) is 0 Å². The average Bonchev–Trinajstić information content (AvgIpc) is 2.34. The number of rotatable bonds is 6. The van der Waals surface area contributed by atoms with Crippen molar-refractivity contribution in [1.82, 2.24) is 4.90 Å². The molecule has 1 fully saturated rings. The summed E-state index contributed by atoms with van der Waals surface area (Å²) in [5.74, 6) is 1.01. The maximum absolute atomic E-state index is 11.9. The Kier molecular flexibility index (Phi) is 6.49. The van der Waals surface area contributed by atoms with E-state index < -0.39 is 0 Å². The SMILES string of the molecule is CC(N)CCSCC(=O)N1CCCC(C(N)=O)C1. The Morgan fingerprint density at radius 2 is 2.22 bits per heavy atom. The fourth-order valence-electron chi connectivity index (χ4n) is 1.96. The summed E-state index contributed by atoms with van der Waals surface area (Å²) < 4.78 is 0. The summed E-state index contributed by atoms with van der Waals surface area (Å²) in [7, 11) is 0. The second-order valence-electron chi connectivity index (χ2n) is 4.90. The van der Waals surface area contributed by atoms with Crippen LogP contribution < -0.4 is 11.5 Å². The van der Waals surface area contributed by atoms with Crippen molar-refractivity contribution in [3.63, 3.8) is 0 Å². The Labute approximate surface area is 113 Å². The number of nitrogens with two attached hydrogens (primary N) is 2. The lowest BCUT2D eigenvalue weighted by Crippen LogP contribution is -2.44. The lowest BCUT2D eigenvalue weighted by molar-refractivity contribution is -0.132. The van der Waals surface area contributed by atoms with E-state index in [-0.39, 0.29) is 23.8 Å². The van der Waals surface area contributed by atoms with Crippen molar-refractivity contribution in [2.24, 2.45) is 17.4 Å². The maximum Gasteiger partial charge on any atom is 0.232 e. The van der Waals surface area contributed by atoms with E-state index in [4.69, 9.17) is 11.5 Å². The molecule has 0 radical (unpaired) electrons. The highest BCUT2D eigenvalue weighted by Gasteiger charge is 2.26. The molecule has 0 aliphatic carbocycles. The molecule has 0 saturated carbocycles. The van der Waals surface area contributed by atoms with Crippen LogP contribution in [0.2, 0.25) is 0 Å². The number of thioether (sulfide) groups is 1. The number of amides is 2. The van der Waals surface area contributed by atoms with Crippen LogP contribution in [-0.2, 0) is 9.59 Å². The molecule has 1 saturated heterocycles. The molecule has 6 heteroatoms. The molecule has 104 valence electrons. The van der Waals surface area contributed by atoms with Gasteiger partial charge in [-0.2, -0.15) is 11.8 Å². The quantitative estimate of drug-likeness (QED) is 0.676. The van der Waals surface area contributed by atoms with Crippen LogP contribution in [0.15, 0.2) is 0 Å². The normalized spacial score (nSPS) is 21.7. The van der Waals surface area contributed by atoms with Gasteiger partial charge in [-0.05, 0) is 31.9 Å². The number of piperidine rings is 1. The lowest BCUT2D eigenvalue weighted by Gasteiger charge is -2.31. The molecule has 2 unspecified atom stereocenters. The molecular formula is C12H23N3O2S. The number of likely N-dealkylation sites (tertiary alicyclic amines) is 1. The third-order valence-electron chi connectivity index (χ3n) is 3.12. The van der Waals surface area contributed by atoms with Crippen LogP contribution in [0.1, 0.15) is 26.2 Å². The first-order valence-corrected chi connectivity index (χ1v) is 7.56. The molecule has 0 bridgehead atoms. The molecule has 4 N–H and O–H groups in total. The van der Waals surface area contributed by atoms with Crippen molar-refractivity contribution >= 4 is 23.6 Å². The predicted octanol–water partition coefficient (Wildman–Crippen LogP) is 0.181. The third-order valence-corrected chi connectivity index (χ3v) is 4.09. The monoisotopic (exact) mass is 273 g/mol. The van der Waals surface area contributed by atoms with Crippen molar-refractivity contribution in [1.29, 1.82) is 0 Å². The first kappa shape index (κ1) is 15.3. The molecule has 0 aromatic rings. The number of hydrogen-bond acceptors (Lipinski definition) is 4. The summed E-state index contributed by atoms with van der Waals surface area (Å²) in [5.41, 5.74) is 10.9. The van der Waals surface area contributed by atoms with Gasteiger partial charge in [0.1, 0.15) is 0 Å². The number of nitrogens with zero attached hydrogens (tertiary/aromatic N) is 1. The van der Waals surface area contributed by atoms with E-state index in [9.17, 15) is 9.59 Å². The van der Waals surface area contributed by atoms with Crippen molar-refractivity contribution in [2.45, 2.75) is 32.2 Å². The van der Waals surface area contributed by atoms with Gasteiger partial charge >= 0.3 is 0 Å². The topological polar surface area (TPSA) is 89.4 Å². The molecule has 0 spiro atoms. The van der Waals surface area contributed by atoms with Crippen LogP contribution >= 0.6 is 11.8 Å². The first-order chi connectivity index (χ1) is 8.50. The molecular weight excluding hydrogens is 250 g/mol. The summed E-state index contributed by atoms with van der Waals surface area (Å²) in [6.07, 6.45) is 2.59. The zero-order chi connectivity index (χ0) is 13.5. The highest BCUT2D eigenvalue weighted by molar-refractivity contribution is 7.99. The highest BCUT2D eigenvalue weighted by atomic mass is 32.2. The van der Waals surface area contributed by atoms with Gasteiger partial charge in [-0.1, -0.05) is 0 Å². The minimum Gasteiger partial charge on any atom is -0.369 e. The van der Waals surface area contributed by atoms with E-state index in [0.717, 1.165) is 31.6 Å². The van der Waals surface area contributed by atoms with Crippen LogP contribution in [-0.4, -0.2) is 47.4 Å². The lowest BCUT2D eigenvalue weighted by atomic mass is 9.97. The maximum atomic E-state index is 11.9. The Balaban J connectivity index is 2.26. The Morgan fingerprint density at radius 1 is 1.50 bits per heavy atom. The number of carbonyl (C=O) groups is 2. The van der Waals surface area contributed by atoms with Crippen molar-refractivity contribution < 1.29 is 9.59 Å². The summed E-state index contributed by atoms with van der Waals surface area (Å²) in [4.78, 5) is 24.8. The van der Waals surface area contributed by atoms with Gasteiger partial charge in [0.2, 0.25) is 11.8 Å². The minimum absolute atomic E-state index is 0.107. The second-order valence-corrected chi connectivity index (χ2v) is 6.00. The largest absolute Gasteiger partial charge is 0.369 e. The standard InChI is InChI=1S/C12H23N3O2S/c1-9(13)4-6-18-8-11(16)15-5-2-3-10(7-15)12(14)17/h9-10H,2-8,13H2,1H3,(H2,14,17). The molecule has 2 amide bonds. The fraction of sp³-hybridized carbons (Fsp3) is 0.833. The molecule has 1 rings (SSSR count). The number of hydrogen-bond donors (Lipinski definition) is 2. The van der Waals surface area contributed by atoms with Gasteiger partial charge in [-0.3, -0.25) is 9.59 Å². The van der Waals surface area contributed by atoms with Crippen LogP contribution in [0.3, 0.4) is 0 Å². The minimum atomic E-state index is -0.294. The van der Waals surface area contributed by atoms with Crippen LogP contribution in [0.5, 0.6) is 0 Å². The summed E-state index contributed by atoms with van der Waals surface area (Å²) >= 11 is 1.61. The highest BCUT2D eigenvalue weighted by Crippen LogP contribution is 2.17. The van der Waals surface area contributed by atoms with Crippen molar-refractivity contribution in [3.8, 4) is 0 Å². The summed E-state index contributed by atoms with van der Waals surface area (Å²) in [5, 5.41) is 0. The first-order valence-electron chi connectivity index (χ1n) is 6.41. The molecule has 0 aromatic carbocycles. The van der Waals surface area contributed by atoms with Gasteiger partial charge in [0, 0.05) is 19.1 Å². The van der Waals surface area contributed by atoms with E-state index in [1.165, 1.54) is 0 Å². The smallest absolute Gasteiger partial charge is 0.232 e. The molecule has 0 aromatic heterocycles. The summed E-state index contributed by atoms with van der Waals surface area (Å²) in [6, 6.07) is 0.182. The van der Waals surface area contributed by atoms with Gasteiger partial charge in [0.25, 0.3) is 0 Å². The summed E-state index contributed by atoms with van der Waals surface area (Å²) in [6.45, 7) is 3.20. The van der Waals surface area contributed by atoms with Crippen LogP contribution in [0, 0.1) is 5.92 Å². The zero-order valence-electron chi connectivity index (χ0n) is 10.9. The fourth-order valence-corrected chi connectivity index (χ4v) is 3.00. The Hall–Kier alpha value is -0.750. The molecule has 18 heavy (non-hydrogen) atoms. The van der Waals surface area contributed by atoms with Crippen molar-refractivity contribution in [3.05, 3.63) is 0 Å². The van der Waals surface area contributed by atoms with E-state index >= 15 is 0 Å². The van der Waals surface area contributed by atoms with Crippen LogP contribution in [0.4, 0.5) is 0 Å². The van der Waals surface area contributed by atoms with Crippen molar-refractivity contribution in [2.75, 3.05) is 24.6 Å². The van der Waals surface area contributed by atoms with Gasteiger partial charge in [0.05, 0.1) is 11.7 Å². The van der Waals surface area contributed by atoms with E-state index in [0.29, 0.717) is 12.3 Å².